The van der Waals surface area contributed by atoms with E-state index in [1.54, 1.807) is 18.2 Å². The first-order chi connectivity index (χ1) is 12.0. The van der Waals surface area contributed by atoms with Crippen LogP contribution >= 0.6 is 0 Å². The van der Waals surface area contributed by atoms with Crippen molar-refractivity contribution >= 4 is 27.3 Å². The lowest BCUT2D eigenvalue weighted by atomic mass is 9.77. The summed E-state index contributed by atoms with van der Waals surface area (Å²) < 4.78 is 17.3. The molecule has 1 rings (SSSR count). The summed E-state index contributed by atoms with van der Waals surface area (Å²) in [5.74, 6) is -0.347. The van der Waals surface area contributed by atoms with Crippen molar-refractivity contribution in [2.24, 2.45) is 0 Å². The summed E-state index contributed by atoms with van der Waals surface area (Å²) in [5.41, 5.74) is 0.433. The van der Waals surface area contributed by atoms with Gasteiger partial charge in [-0.1, -0.05) is 18.2 Å². The highest BCUT2D eigenvalue weighted by molar-refractivity contribution is 6.61. The lowest BCUT2D eigenvalue weighted by Gasteiger charge is -2.28. The van der Waals surface area contributed by atoms with Crippen LogP contribution in [0.15, 0.2) is 24.3 Å². The first-order valence-corrected chi connectivity index (χ1v) is 10.6. The Morgan fingerprint density at radius 3 is 2.16 bits per heavy atom. The molecule has 140 valence electrons. The van der Waals surface area contributed by atoms with Crippen molar-refractivity contribution < 1.29 is 28.1 Å². The Morgan fingerprint density at radius 1 is 1.08 bits per heavy atom. The van der Waals surface area contributed by atoms with Crippen LogP contribution in [0.4, 0.5) is 0 Å². The van der Waals surface area contributed by atoms with E-state index < -0.39 is 15.9 Å². The fourth-order valence-electron chi connectivity index (χ4n) is 2.53. The Bertz CT molecular complexity index is 514. The number of carbonyl (C=O) groups is 1. The molecule has 1 aromatic carbocycles. The Hall–Kier alpha value is -1.23. The molecule has 0 saturated carbocycles. The predicted molar refractivity (Wildman–Crippen MR) is 98.7 cm³/mol. The second kappa shape index (κ2) is 11.4. The molecular weight excluding hydrogens is 341 g/mol. The minimum atomic E-state index is -2.71. The highest BCUT2D eigenvalue weighted by atomic mass is 28.4. The summed E-state index contributed by atoms with van der Waals surface area (Å²) in [5, 5.41) is 21.5. The Morgan fingerprint density at radius 2 is 1.64 bits per heavy atom. The van der Waals surface area contributed by atoms with E-state index in [4.69, 9.17) is 13.3 Å². The van der Waals surface area contributed by atoms with Crippen LogP contribution in [-0.2, 0) is 13.3 Å². The maximum Gasteiger partial charge on any atom is 0.500 e. The van der Waals surface area contributed by atoms with Crippen molar-refractivity contribution in [2.75, 3.05) is 26.4 Å². The molecule has 3 N–H and O–H groups in total. The lowest BCUT2D eigenvalue weighted by molar-refractivity contribution is 0.0705. The lowest BCUT2D eigenvalue weighted by Crippen LogP contribution is -2.46. The van der Waals surface area contributed by atoms with Gasteiger partial charge < -0.3 is 28.6 Å². The molecule has 0 aromatic heterocycles. The SMILES string of the molecule is CCO[Si](CCCNC(=O)c1ccccc1B(O)O)(OCC)OCC. The van der Waals surface area contributed by atoms with E-state index in [0.29, 0.717) is 38.8 Å². The van der Waals surface area contributed by atoms with Crippen molar-refractivity contribution in [1.29, 1.82) is 0 Å². The number of benzene rings is 1. The van der Waals surface area contributed by atoms with Gasteiger partial charge >= 0.3 is 15.9 Å². The van der Waals surface area contributed by atoms with Gasteiger partial charge in [0, 0.05) is 38.0 Å². The van der Waals surface area contributed by atoms with Crippen molar-refractivity contribution in [2.45, 2.75) is 33.2 Å². The van der Waals surface area contributed by atoms with Crippen LogP contribution in [0.1, 0.15) is 37.6 Å². The minimum absolute atomic E-state index is 0.182. The van der Waals surface area contributed by atoms with E-state index in [1.165, 1.54) is 6.07 Å². The maximum atomic E-state index is 12.3. The molecule has 1 aromatic rings. The number of hydrogen-bond donors (Lipinski definition) is 3. The summed E-state index contributed by atoms with van der Waals surface area (Å²) in [4.78, 5) is 12.3. The smallest absolute Gasteiger partial charge is 0.423 e. The molecule has 0 unspecified atom stereocenters. The summed E-state index contributed by atoms with van der Waals surface area (Å²) in [7, 11) is -4.39. The average molecular weight is 369 g/mol. The van der Waals surface area contributed by atoms with Gasteiger partial charge in [-0.15, -0.1) is 0 Å². The van der Waals surface area contributed by atoms with Gasteiger partial charge in [-0.05, 0) is 38.7 Å². The summed E-state index contributed by atoms with van der Waals surface area (Å²) in [6.45, 7) is 7.66. The number of carbonyl (C=O) groups excluding carboxylic acids is 1. The molecule has 0 bridgehead atoms. The molecule has 25 heavy (non-hydrogen) atoms. The average Bonchev–Trinajstić information content (AvgIpc) is 2.59. The number of rotatable bonds is 12. The van der Waals surface area contributed by atoms with Crippen molar-refractivity contribution in [3.05, 3.63) is 29.8 Å². The minimum Gasteiger partial charge on any atom is -0.423 e. The zero-order chi connectivity index (χ0) is 18.7. The molecule has 0 atom stereocenters. The van der Waals surface area contributed by atoms with Gasteiger partial charge in [0.2, 0.25) is 0 Å². The van der Waals surface area contributed by atoms with Crippen LogP contribution in [0.3, 0.4) is 0 Å². The van der Waals surface area contributed by atoms with Crippen LogP contribution < -0.4 is 10.8 Å². The van der Waals surface area contributed by atoms with E-state index >= 15 is 0 Å². The third-order valence-electron chi connectivity index (χ3n) is 3.52. The number of hydrogen-bond acceptors (Lipinski definition) is 6. The molecular formula is C16H28BNO6Si. The Labute approximate surface area is 150 Å². The van der Waals surface area contributed by atoms with Crippen LogP contribution in [-0.4, -0.2) is 58.2 Å². The quantitative estimate of drug-likeness (QED) is 0.368. The van der Waals surface area contributed by atoms with E-state index in [-0.39, 0.29) is 16.9 Å². The van der Waals surface area contributed by atoms with Crippen molar-refractivity contribution in [3.8, 4) is 0 Å². The molecule has 7 nitrogen and oxygen atoms in total. The van der Waals surface area contributed by atoms with E-state index in [0.717, 1.165) is 0 Å². The second-order valence-corrected chi connectivity index (χ2v) is 8.03. The van der Waals surface area contributed by atoms with E-state index in [2.05, 4.69) is 5.32 Å². The molecule has 0 aliphatic rings. The topological polar surface area (TPSA) is 97.3 Å². The molecule has 0 spiro atoms. The summed E-state index contributed by atoms with van der Waals surface area (Å²) in [6, 6.07) is 7.00. The van der Waals surface area contributed by atoms with Crippen LogP contribution in [0, 0.1) is 0 Å². The first kappa shape index (κ1) is 21.8. The highest BCUT2D eigenvalue weighted by Crippen LogP contribution is 2.17. The van der Waals surface area contributed by atoms with Crippen LogP contribution in [0.2, 0.25) is 6.04 Å². The van der Waals surface area contributed by atoms with Crippen LogP contribution in [0.5, 0.6) is 0 Å². The molecule has 0 heterocycles. The summed E-state index contributed by atoms with van der Waals surface area (Å²) >= 11 is 0. The molecule has 0 aliphatic heterocycles. The van der Waals surface area contributed by atoms with Gasteiger partial charge in [-0.25, -0.2) is 0 Å². The third-order valence-corrected chi connectivity index (χ3v) is 6.67. The zero-order valence-electron chi connectivity index (χ0n) is 15.2. The molecule has 9 heteroatoms. The maximum absolute atomic E-state index is 12.3. The Kier molecular flexibility index (Phi) is 9.95. The monoisotopic (exact) mass is 369 g/mol. The zero-order valence-corrected chi connectivity index (χ0v) is 16.2. The van der Waals surface area contributed by atoms with Gasteiger partial charge in [-0.2, -0.15) is 0 Å². The second-order valence-electron chi connectivity index (χ2n) is 5.30. The fraction of sp³-hybridized carbons (Fsp3) is 0.562. The normalized spacial score (nSPS) is 11.4. The largest absolute Gasteiger partial charge is 0.500 e. The summed E-state index contributed by atoms with van der Waals surface area (Å²) in [6.07, 6.45) is 0.641. The van der Waals surface area contributed by atoms with Crippen molar-refractivity contribution in [3.63, 3.8) is 0 Å². The molecule has 0 saturated heterocycles. The van der Waals surface area contributed by atoms with Gasteiger partial charge in [0.05, 0.1) is 0 Å². The van der Waals surface area contributed by atoms with Gasteiger partial charge in [-0.3, -0.25) is 4.79 Å². The van der Waals surface area contributed by atoms with E-state index in [9.17, 15) is 14.8 Å². The Balaban J connectivity index is 2.59. The standard InChI is InChI=1S/C16H28BNO6Si/c1-4-22-25(23-5-2,24-6-3)13-9-12-18-16(19)14-10-7-8-11-15(14)17(20)21/h7-8,10-11,20-21H,4-6,9,12-13H2,1-3H3,(H,18,19). The van der Waals surface area contributed by atoms with Gasteiger partial charge in [0.1, 0.15) is 0 Å². The van der Waals surface area contributed by atoms with Gasteiger partial charge in [0.25, 0.3) is 5.91 Å². The van der Waals surface area contributed by atoms with Crippen LogP contribution in [0.25, 0.3) is 0 Å². The van der Waals surface area contributed by atoms with Gasteiger partial charge in [0.15, 0.2) is 0 Å². The first-order valence-electron chi connectivity index (χ1n) is 8.64. The third kappa shape index (κ3) is 6.89. The van der Waals surface area contributed by atoms with Crippen molar-refractivity contribution in [1.82, 2.24) is 5.32 Å². The molecule has 0 radical (unpaired) electrons. The predicted octanol–water partition coefficient (Wildman–Crippen LogP) is 0.535. The molecule has 0 aliphatic carbocycles. The molecule has 1 amide bonds. The fourth-order valence-corrected chi connectivity index (χ4v) is 5.14. The number of nitrogens with one attached hydrogen (secondary N) is 1. The highest BCUT2D eigenvalue weighted by Gasteiger charge is 2.39. The number of amides is 1. The molecule has 0 fully saturated rings. The van der Waals surface area contributed by atoms with E-state index in [1.807, 2.05) is 20.8 Å².